The minimum Gasteiger partial charge on any atom is -0.0995 e. The van der Waals surface area contributed by atoms with Gasteiger partial charge in [-0.1, -0.05) is 63.6 Å². The van der Waals surface area contributed by atoms with Crippen LogP contribution < -0.4 is 0 Å². The number of fused-ring (bicyclic) bond motifs is 1. The third kappa shape index (κ3) is 2.67. The lowest BCUT2D eigenvalue weighted by Crippen LogP contribution is -2.49. The molecule has 0 N–H and O–H groups in total. The second-order valence-electron chi connectivity index (χ2n) is 8.04. The third-order valence-corrected chi connectivity index (χ3v) is 6.32. The minimum absolute atomic E-state index is 0.453. The van der Waals surface area contributed by atoms with Crippen molar-refractivity contribution in [3.8, 4) is 0 Å². The molecule has 2 aliphatic carbocycles. The molecule has 0 heteroatoms. The Balaban J connectivity index is 2.28. The van der Waals surface area contributed by atoms with Crippen LogP contribution in [0.5, 0.6) is 0 Å². The summed E-state index contributed by atoms with van der Waals surface area (Å²) in [6.45, 7) is 18.0. The molecule has 0 unspecified atom stereocenters. The molecule has 2 aliphatic rings. The lowest BCUT2D eigenvalue weighted by molar-refractivity contribution is -0.0510. The molecule has 0 aliphatic heterocycles. The summed E-state index contributed by atoms with van der Waals surface area (Å²) in [6.07, 6.45) is 12.2. The van der Waals surface area contributed by atoms with Crippen LogP contribution in [0.2, 0.25) is 0 Å². The fourth-order valence-electron chi connectivity index (χ4n) is 5.10. The Morgan fingerprint density at radius 2 is 2.00 bits per heavy atom. The maximum absolute atomic E-state index is 4.43. The molecule has 3 atom stereocenters. The molecule has 2 saturated carbocycles. The van der Waals surface area contributed by atoms with E-state index in [9.17, 15) is 0 Å². The molecule has 0 heterocycles. The van der Waals surface area contributed by atoms with Crippen LogP contribution in [0, 0.1) is 22.7 Å². The van der Waals surface area contributed by atoms with Gasteiger partial charge in [-0.15, -0.1) is 0 Å². The van der Waals surface area contributed by atoms with Crippen molar-refractivity contribution < 1.29 is 0 Å². The number of hydrogen-bond acceptors (Lipinski definition) is 0. The summed E-state index contributed by atoms with van der Waals surface area (Å²) >= 11 is 0. The molecule has 0 radical (unpaired) electrons. The Labute approximate surface area is 126 Å². The Kier molecular flexibility index (Phi) is 4.33. The predicted molar refractivity (Wildman–Crippen MR) is 89.7 cm³/mol. The maximum atomic E-state index is 4.43. The van der Waals surface area contributed by atoms with Crippen molar-refractivity contribution in [3.05, 3.63) is 36.5 Å². The van der Waals surface area contributed by atoms with E-state index in [1.165, 1.54) is 43.3 Å². The van der Waals surface area contributed by atoms with E-state index in [0.29, 0.717) is 16.7 Å². The van der Waals surface area contributed by atoms with Gasteiger partial charge in [0.2, 0.25) is 0 Å². The Hall–Kier alpha value is -0.780. The molecule has 0 saturated heterocycles. The normalized spacial score (nSPS) is 37.4. The van der Waals surface area contributed by atoms with Gasteiger partial charge in [-0.25, -0.2) is 0 Å². The van der Waals surface area contributed by atoms with Crippen molar-refractivity contribution in [3.63, 3.8) is 0 Å². The van der Waals surface area contributed by atoms with Gasteiger partial charge in [-0.2, -0.15) is 0 Å². The van der Waals surface area contributed by atoms with Crippen LogP contribution in [0.4, 0.5) is 0 Å². The van der Waals surface area contributed by atoms with Crippen LogP contribution >= 0.6 is 0 Å². The first-order valence-corrected chi connectivity index (χ1v) is 8.28. The van der Waals surface area contributed by atoms with Crippen LogP contribution in [0.15, 0.2) is 36.5 Å². The van der Waals surface area contributed by atoms with E-state index in [1.54, 1.807) is 0 Å². The zero-order chi connectivity index (χ0) is 15.0. The molecule has 0 aromatic heterocycles. The third-order valence-electron chi connectivity index (χ3n) is 6.32. The Bertz CT molecular complexity index is 423. The fraction of sp³-hybridized carbons (Fsp3) is 0.700. The summed E-state index contributed by atoms with van der Waals surface area (Å²) in [5.41, 5.74) is 3.76. The van der Waals surface area contributed by atoms with E-state index in [4.69, 9.17) is 0 Å². The molecule has 2 fully saturated rings. The fourth-order valence-corrected chi connectivity index (χ4v) is 5.10. The van der Waals surface area contributed by atoms with Crippen LogP contribution in [-0.4, -0.2) is 0 Å². The van der Waals surface area contributed by atoms with Gasteiger partial charge in [-0.05, 0) is 61.7 Å². The van der Waals surface area contributed by atoms with E-state index in [0.717, 1.165) is 12.3 Å². The van der Waals surface area contributed by atoms with Crippen molar-refractivity contribution in [2.45, 2.75) is 66.2 Å². The number of hydrogen-bond donors (Lipinski definition) is 0. The second-order valence-corrected chi connectivity index (χ2v) is 8.04. The van der Waals surface area contributed by atoms with Crippen LogP contribution in [0.25, 0.3) is 0 Å². The smallest absolute Gasteiger partial charge is 0.0114 e. The van der Waals surface area contributed by atoms with Gasteiger partial charge in [0.1, 0.15) is 0 Å². The standard InChI is InChI=1S/C20H32/c1-7-15(2)9-11-17-16(3)10-12-18-19(4,5)13-8-14-20(17,18)6/h7,9,17-18H,1,3,8,10-14H2,2,4-6H3/b15-9-/t17-,18+,20+/m1/s1. The molecule has 20 heavy (non-hydrogen) atoms. The largest absolute Gasteiger partial charge is 0.0995 e. The lowest BCUT2D eigenvalue weighted by atomic mass is 9.47. The van der Waals surface area contributed by atoms with Gasteiger partial charge in [0.25, 0.3) is 0 Å². The number of allylic oxidation sites excluding steroid dienone is 4. The van der Waals surface area contributed by atoms with Gasteiger partial charge in [0, 0.05) is 0 Å². The van der Waals surface area contributed by atoms with Gasteiger partial charge < -0.3 is 0 Å². The quantitative estimate of drug-likeness (QED) is 0.417. The Morgan fingerprint density at radius 1 is 1.30 bits per heavy atom. The van der Waals surface area contributed by atoms with Crippen LogP contribution in [-0.2, 0) is 0 Å². The van der Waals surface area contributed by atoms with Gasteiger partial charge >= 0.3 is 0 Å². The highest BCUT2D eigenvalue weighted by atomic mass is 14.6. The molecule has 0 aromatic carbocycles. The molecule has 0 nitrogen and oxygen atoms in total. The van der Waals surface area contributed by atoms with Crippen molar-refractivity contribution in [1.29, 1.82) is 0 Å². The first-order chi connectivity index (χ1) is 9.31. The van der Waals surface area contributed by atoms with E-state index in [2.05, 4.69) is 46.9 Å². The average Bonchev–Trinajstić information content (AvgIpc) is 2.36. The molecular weight excluding hydrogens is 240 g/mol. The summed E-state index contributed by atoms with van der Waals surface area (Å²) in [6, 6.07) is 0. The maximum Gasteiger partial charge on any atom is -0.0114 e. The highest BCUT2D eigenvalue weighted by Gasteiger charge is 2.52. The summed E-state index contributed by atoms with van der Waals surface area (Å²) in [5, 5.41) is 0. The summed E-state index contributed by atoms with van der Waals surface area (Å²) in [7, 11) is 0. The van der Waals surface area contributed by atoms with Crippen LogP contribution in [0.3, 0.4) is 0 Å². The molecule has 0 spiro atoms. The average molecular weight is 272 g/mol. The first kappa shape index (κ1) is 15.6. The van der Waals surface area contributed by atoms with Crippen molar-refractivity contribution in [2.75, 3.05) is 0 Å². The highest BCUT2D eigenvalue weighted by molar-refractivity contribution is 5.20. The lowest BCUT2D eigenvalue weighted by Gasteiger charge is -2.58. The highest BCUT2D eigenvalue weighted by Crippen LogP contribution is 2.61. The van der Waals surface area contributed by atoms with Crippen molar-refractivity contribution in [2.24, 2.45) is 22.7 Å². The molecular formula is C20H32. The molecule has 112 valence electrons. The topological polar surface area (TPSA) is 0 Å². The summed E-state index contributed by atoms with van der Waals surface area (Å²) < 4.78 is 0. The predicted octanol–water partition coefficient (Wildman–Crippen LogP) is 6.31. The van der Waals surface area contributed by atoms with E-state index >= 15 is 0 Å². The van der Waals surface area contributed by atoms with Gasteiger partial charge in [0.15, 0.2) is 0 Å². The molecule has 0 aromatic rings. The zero-order valence-corrected chi connectivity index (χ0v) is 14.0. The zero-order valence-electron chi connectivity index (χ0n) is 14.0. The first-order valence-electron chi connectivity index (χ1n) is 8.28. The minimum atomic E-state index is 0.453. The van der Waals surface area contributed by atoms with Gasteiger partial charge in [0.05, 0.1) is 0 Å². The van der Waals surface area contributed by atoms with E-state index in [-0.39, 0.29) is 0 Å². The molecule has 2 rings (SSSR count). The Morgan fingerprint density at radius 3 is 2.65 bits per heavy atom. The SMILES string of the molecule is C=C/C(C)=C\C[C@@H]1C(=C)CC[C@H]2C(C)(C)CCC[C@@]12C. The van der Waals surface area contributed by atoms with Crippen molar-refractivity contribution >= 4 is 0 Å². The summed E-state index contributed by atoms with van der Waals surface area (Å²) in [5.74, 6) is 1.52. The molecule has 0 amide bonds. The van der Waals surface area contributed by atoms with E-state index in [1.807, 2.05) is 6.08 Å². The summed E-state index contributed by atoms with van der Waals surface area (Å²) in [4.78, 5) is 0. The number of rotatable bonds is 3. The monoisotopic (exact) mass is 272 g/mol. The van der Waals surface area contributed by atoms with Gasteiger partial charge in [-0.3, -0.25) is 0 Å². The van der Waals surface area contributed by atoms with Crippen LogP contribution in [0.1, 0.15) is 66.2 Å². The van der Waals surface area contributed by atoms with E-state index < -0.39 is 0 Å². The molecule has 0 bridgehead atoms. The van der Waals surface area contributed by atoms with Crippen molar-refractivity contribution in [1.82, 2.24) is 0 Å². The second kappa shape index (κ2) is 5.54.